The fourth-order valence-electron chi connectivity index (χ4n) is 3.30. The number of benzene rings is 1. The van der Waals surface area contributed by atoms with Gasteiger partial charge in [0.05, 0.1) is 12.0 Å². The number of hydrogen-bond acceptors (Lipinski definition) is 7. The van der Waals surface area contributed by atoms with Crippen LogP contribution in [0.15, 0.2) is 35.7 Å². The molecule has 0 radical (unpaired) electrons. The van der Waals surface area contributed by atoms with Gasteiger partial charge in [-0.05, 0) is 55.8 Å². The van der Waals surface area contributed by atoms with E-state index in [9.17, 15) is 4.79 Å². The SMILES string of the molecule is CCN(CC)CCOc1cc(NC(=O)C(C)n2c(-c3cccs3)n[nH]c2=S)ccc1OC. The Labute approximate surface area is 197 Å². The van der Waals surface area contributed by atoms with E-state index in [4.69, 9.17) is 21.7 Å². The number of likely N-dealkylation sites (N-methyl/N-ethyl adjacent to an activating group) is 1. The van der Waals surface area contributed by atoms with E-state index in [0.29, 0.717) is 34.4 Å². The number of anilines is 1. The van der Waals surface area contributed by atoms with Crippen molar-refractivity contribution in [3.05, 3.63) is 40.5 Å². The van der Waals surface area contributed by atoms with E-state index in [-0.39, 0.29) is 5.91 Å². The van der Waals surface area contributed by atoms with Crippen LogP contribution in [-0.2, 0) is 4.79 Å². The monoisotopic (exact) mass is 475 g/mol. The minimum atomic E-state index is -0.563. The normalized spacial score (nSPS) is 12.0. The Morgan fingerprint density at radius 2 is 2.09 bits per heavy atom. The summed E-state index contributed by atoms with van der Waals surface area (Å²) in [5.41, 5.74) is 0.619. The highest BCUT2D eigenvalue weighted by atomic mass is 32.1. The molecule has 172 valence electrons. The second-order valence-electron chi connectivity index (χ2n) is 7.11. The minimum Gasteiger partial charge on any atom is -0.493 e. The van der Waals surface area contributed by atoms with Crippen molar-refractivity contribution >= 4 is 35.1 Å². The van der Waals surface area contributed by atoms with Gasteiger partial charge in [0.25, 0.3) is 0 Å². The number of methoxy groups -OCH3 is 1. The van der Waals surface area contributed by atoms with Crippen LogP contribution in [0.1, 0.15) is 26.8 Å². The Kier molecular flexibility index (Phi) is 8.43. The molecule has 0 fully saturated rings. The zero-order valence-corrected chi connectivity index (χ0v) is 20.4. The molecule has 0 saturated heterocycles. The molecule has 0 aliphatic heterocycles. The molecular formula is C22H29N5O3S2. The third-order valence-electron chi connectivity index (χ3n) is 5.20. The molecule has 1 amide bonds. The third-order valence-corrected chi connectivity index (χ3v) is 6.36. The highest BCUT2D eigenvalue weighted by Crippen LogP contribution is 2.31. The van der Waals surface area contributed by atoms with Gasteiger partial charge >= 0.3 is 0 Å². The number of nitrogens with zero attached hydrogens (tertiary/aromatic N) is 3. The van der Waals surface area contributed by atoms with Gasteiger partial charge in [-0.2, -0.15) is 5.10 Å². The molecule has 3 aromatic rings. The summed E-state index contributed by atoms with van der Waals surface area (Å²) >= 11 is 6.92. The van der Waals surface area contributed by atoms with Crippen LogP contribution in [0.4, 0.5) is 5.69 Å². The molecule has 0 aliphatic carbocycles. The lowest BCUT2D eigenvalue weighted by atomic mass is 10.2. The lowest BCUT2D eigenvalue weighted by Gasteiger charge is -2.19. The van der Waals surface area contributed by atoms with Gasteiger partial charge in [-0.15, -0.1) is 11.3 Å². The van der Waals surface area contributed by atoms with Crippen molar-refractivity contribution in [2.45, 2.75) is 26.8 Å². The third kappa shape index (κ3) is 5.56. The Bertz CT molecular complexity index is 1070. The number of rotatable bonds is 11. The maximum Gasteiger partial charge on any atom is 0.247 e. The summed E-state index contributed by atoms with van der Waals surface area (Å²) in [7, 11) is 1.60. The number of hydrogen-bond donors (Lipinski definition) is 2. The van der Waals surface area contributed by atoms with E-state index < -0.39 is 6.04 Å². The number of thiophene rings is 1. The standard InChI is InChI=1S/C22H29N5O3S2/c1-5-26(6-2)11-12-30-18-14-16(9-10-17(18)29-4)23-21(28)15(3)27-20(24-25-22(27)31)19-8-7-13-32-19/h7-10,13-15H,5-6,11-12H2,1-4H3,(H,23,28)(H,25,31). The summed E-state index contributed by atoms with van der Waals surface area (Å²) in [6, 6.07) is 8.67. The summed E-state index contributed by atoms with van der Waals surface area (Å²) in [5, 5.41) is 12.0. The molecular weight excluding hydrogens is 446 g/mol. The molecule has 0 saturated carbocycles. The zero-order chi connectivity index (χ0) is 23.1. The van der Waals surface area contributed by atoms with Crippen LogP contribution in [0.25, 0.3) is 10.7 Å². The Morgan fingerprint density at radius 1 is 1.31 bits per heavy atom. The second-order valence-corrected chi connectivity index (χ2v) is 8.44. The molecule has 1 atom stereocenters. The molecule has 32 heavy (non-hydrogen) atoms. The second kappa shape index (κ2) is 11.3. The van der Waals surface area contributed by atoms with E-state index in [1.54, 1.807) is 48.1 Å². The average Bonchev–Trinajstić information content (AvgIpc) is 3.46. The fourth-order valence-corrected chi connectivity index (χ4v) is 4.30. The largest absolute Gasteiger partial charge is 0.493 e. The van der Waals surface area contributed by atoms with Gasteiger partial charge in [0, 0.05) is 18.3 Å². The van der Waals surface area contributed by atoms with Gasteiger partial charge < -0.3 is 19.7 Å². The molecule has 0 bridgehead atoms. The van der Waals surface area contributed by atoms with Gasteiger partial charge in [0.15, 0.2) is 22.1 Å². The first-order chi connectivity index (χ1) is 15.5. The number of amides is 1. The predicted octanol–water partition coefficient (Wildman–Crippen LogP) is 4.60. The molecule has 8 nitrogen and oxygen atoms in total. The highest BCUT2D eigenvalue weighted by Gasteiger charge is 2.22. The van der Waals surface area contributed by atoms with Crippen molar-refractivity contribution in [2.75, 3.05) is 38.7 Å². The molecule has 1 unspecified atom stereocenters. The van der Waals surface area contributed by atoms with Gasteiger partial charge in [-0.1, -0.05) is 19.9 Å². The minimum absolute atomic E-state index is 0.209. The number of aromatic nitrogens is 3. The molecule has 2 N–H and O–H groups in total. The predicted molar refractivity (Wildman–Crippen MR) is 130 cm³/mol. The Morgan fingerprint density at radius 3 is 2.75 bits per heavy atom. The Balaban J connectivity index is 1.74. The van der Waals surface area contributed by atoms with Crippen molar-refractivity contribution in [3.63, 3.8) is 0 Å². The smallest absolute Gasteiger partial charge is 0.247 e. The zero-order valence-electron chi connectivity index (χ0n) is 18.8. The maximum atomic E-state index is 13.0. The molecule has 0 spiro atoms. The molecule has 1 aromatic carbocycles. The molecule has 2 heterocycles. The average molecular weight is 476 g/mol. The summed E-state index contributed by atoms with van der Waals surface area (Å²) in [6.07, 6.45) is 0. The molecule has 2 aromatic heterocycles. The topological polar surface area (TPSA) is 84.4 Å². The number of H-pyrrole nitrogens is 1. The molecule has 3 rings (SSSR count). The van der Waals surface area contributed by atoms with Crippen molar-refractivity contribution in [1.29, 1.82) is 0 Å². The van der Waals surface area contributed by atoms with Crippen LogP contribution in [0, 0.1) is 4.77 Å². The number of carbonyl (C=O) groups is 1. The van der Waals surface area contributed by atoms with Crippen LogP contribution in [0.5, 0.6) is 11.5 Å². The van der Waals surface area contributed by atoms with E-state index in [2.05, 4.69) is 34.3 Å². The van der Waals surface area contributed by atoms with Gasteiger partial charge in [-0.3, -0.25) is 14.5 Å². The summed E-state index contributed by atoms with van der Waals surface area (Å²) in [4.78, 5) is 16.2. The first-order valence-electron chi connectivity index (χ1n) is 10.5. The lowest BCUT2D eigenvalue weighted by molar-refractivity contribution is -0.118. The van der Waals surface area contributed by atoms with E-state index in [1.165, 1.54) is 0 Å². The highest BCUT2D eigenvalue weighted by molar-refractivity contribution is 7.71. The summed E-state index contributed by atoms with van der Waals surface area (Å²) in [5.74, 6) is 1.64. The number of ether oxygens (including phenoxy) is 2. The van der Waals surface area contributed by atoms with Gasteiger partial charge in [-0.25, -0.2) is 0 Å². The van der Waals surface area contributed by atoms with Crippen molar-refractivity contribution in [1.82, 2.24) is 19.7 Å². The van der Waals surface area contributed by atoms with Crippen LogP contribution in [0.2, 0.25) is 0 Å². The molecule has 0 aliphatic rings. The lowest BCUT2D eigenvalue weighted by Crippen LogP contribution is -2.28. The van der Waals surface area contributed by atoms with E-state index in [1.807, 2.05) is 17.5 Å². The Hall–Kier alpha value is -2.69. The van der Waals surface area contributed by atoms with E-state index in [0.717, 1.165) is 24.5 Å². The van der Waals surface area contributed by atoms with Gasteiger partial charge in [0.1, 0.15) is 12.6 Å². The van der Waals surface area contributed by atoms with E-state index >= 15 is 0 Å². The van der Waals surface area contributed by atoms with Crippen LogP contribution in [0.3, 0.4) is 0 Å². The van der Waals surface area contributed by atoms with Crippen LogP contribution < -0.4 is 14.8 Å². The summed E-state index contributed by atoms with van der Waals surface area (Å²) < 4.78 is 13.5. The summed E-state index contributed by atoms with van der Waals surface area (Å²) in [6.45, 7) is 9.32. The number of aromatic amines is 1. The maximum absolute atomic E-state index is 13.0. The van der Waals surface area contributed by atoms with Crippen LogP contribution >= 0.6 is 23.6 Å². The number of carbonyl (C=O) groups excluding carboxylic acids is 1. The van der Waals surface area contributed by atoms with Crippen molar-refractivity contribution < 1.29 is 14.3 Å². The first kappa shape index (κ1) is 24.0. The van der Waals surface area contributed by atoms with Crippen molar-refractivity contribution in [2.24, 2.45) is 0 Å². The quantitative estimate of drug-likeness (QED) is 0.395. The van der Waals surface area contributed by atoms with Crippen LogP contribution in [-0.4, -0.2) is 58.9 Å². The van der Waals surface area contributed by atoms with Crippen molar-refractivity contribution in [3.8, 4) is 22.2 Å². The first-order valence-corrected chi connectivity index (χ1v) is 11.8. The number of nitrogens with one attached hydrogen (secondary N) is 2. The fraction of sp³-hybridized carbons (Fsp3) is 0.409. The van der Waals surface area contributed by atoms with Gasteiger partial charge in [0.2, 0.25) is 5.91 Å². The molecule has 10 heteroatoms.